The van der Waals surface area contributed by atoms with Gasteiger partial charge in [0, 0.05) is 11.4 Å². The van der Waals surface area contributed by atoms with E-state index in [9.17, 15) is 0 Å². The third kappa shape index (κ3) is 5.25. The Hall–Kier alpha value is -8.20. The second-order valence-corrected chi connectivity index (χ2v) is 16.8. The van der Waals surface area contributed by atoms with Crippen LogP contribution in [0.1, 0.15) is 22.3 Å². The molecule has 13 rings (SSSR count). The average molecular weight is 801 g/mol. The van der Waals surface area contributed by atoms with Crippen LogP contribution < -0.4 is 9.80 Å². The highest BCUT2D eigenvalue weighted by Gasteiger charge is 2.51. The summed E-state index contributed by atoms with van der Waals surface area (Å²) in [6.45, 7) is 0. The lowest BCUT2D eigenvalue weighted by molar-refractivity contribution is 0.794. The van der Waals surface area contributed by atoms with E-state index in [4.69, 9.17) is 0 Å². The van der Waals surface area contributed by atoms with Crippen molar-refractivity contribution in [2.24, 2.45) is 0 Å². The first-order valence-electron chi connectivity index (χ1n) is 21.8. The molecular weight excluding hydrogens is 761 g/mol. The van der Waals surface area contributed by atoms with Gasteiger partial charge in [-0.3, -0.25) is 0 Å². The maximum Gasteiger partial charge on any atom is 0.0725 e. The summed E-state index contributed by atoms with van der Waals surface area (Å²) < 4.78 is 0. The van der Waals surface area contributed by atoms with Crippen LogP contribution in [-0.4, -0.2) is 0 Å². The van der Waals surface area contributed by atoms with Crippen molar-refractivity contribution in [2.75, 3.05) is 9.80 Å². The lowest BCUT2D eigenvalue weighted by Crippen LogP contribution is -2.25. The van der Waals surface area contributed by atoms with E-state index in [1.54, 1.807) is 0 Å². The zero-order valence-corrected chi connectivity index (χ0v) is 34.5. The summed E-state index contributed by atoms with van der Waals surface area (Å²) >= 11 is 0. The first-order valence-corrected chi connectivity index (χ1v) is 21.8. The number of hydrogen-bond donors (Lipinski definition) is 0. The van der Waals surface area contributed by atoms with Crippen molar-refractivity contribution in [3.05, 3.63) is 265 Å². The molecule has 294 valence electrons. The van der Waals surface area contributed by atoms with E-state index in [1.165, 1.54) is 77.9 Å². The molecular formula is C61H40N2. The number of fused-ring (bicyclic) bond motifs is 12. The molecule has 2 nitrogen and oxygen atoms in total. The average Bonchev–Trinajstić information content (AvgIpc) is 3.83. The maximum absolute atomic E-state index is 2.49. The third-order valence-electron chi connectivity index (χ3n) is 13.6. The minimum atomic E-state index is -0.405. The topological polar surface area (TPSA) is 6.48 Å². The van der Waals surface area contributed by atoms with Crippen molar-refractivity contribution in [1.82, 2.24) is 0 Å². The van der Waals surface area contributed by atoms with Crippen molar-refractivity contribution < 1.29 is 0 Å². The Labute approximate surface area is 368 Å². The lowest BCUT2D eigenvalue weighted by atomic mass is 9.70. The van der Waals surface area contributed by atoms with Crippen LogP contribution >= 0.6 is 0 Å². The molecule has 0 aromatic heterocycles. The predicted molar refractivity (Wildman–Crippen MR) is 262 cm³/mol. The highest BCUT2D eigenvalue weighted by Crippen LogP contribution is 2.63. The van der Waals surface area contributed by atoms with E-state index in [2.05, 4.69) is 252 Å². The Bertz CT molecular complexity index is 3320. The van der Waals surface area contributed by atoms with Crippen LogP contribution in [0.3, 0.4) is 0 Å². The Kier molecular flexibility index (Phi) is 7.85. The summed E-state index contributed by atoms with van der Waals surface area (Å²) in [6, 6.07) is 89.5. The van der Waals surface area contributed by atoms with Crippen molar-refractivity contribution in [2.45, 2.75) is 5.41 Å². The molecule has 1 heterocycles. The minimum Gasteiger partial charge on any atom is -0.306 e. The Morgan fingerprint density at radius 3 is 1.08 bits per heavy atom. The summed E-state index contributed by atoms with van der Waals surface area (Å²) in [7, 11) is 0. The molecule has 0 unspecified atom stereocenters. The van der Waals surface area contributed by atoms with Crippen LogP contribution in [0.5, 0.6) is 0 Å². The van der Waals surface area contributed by atoms with Crippen LogP contribution in [0.15, 0.2) is 243 Å². The zero-order valence-electron chi connectivity index (χ0n) is 34.5. The van der Waals surface area contributed by atoms with E-state index in [0.717, 1.165) is 34.1 Å². The quantitative estimate of drug-likeness (QED) is 0.171. The van der Waals surface area contributed by atoms with Crippen molar-refractivity contribution in [1.29, 1.82) is 0 Å². The molecule has 0 N–H and O–H groups in total. The first kappa shape index (κ1) is 35.5. The summed E-state index contributed by atoms with van der Waals surface area (Å²) in [5.74, 6) is 0. The molecule has 0 amide bonds. The molecule has 0 radical (unpaired) electrons. The standard InChI is InChI=1S/C61H40N2/c1-3-15-41(16-4-1)43-27-33-47(34-28-43)62-57-25-13-14-26-58(57)63(48-35-29-44(30-36-48)42-17-5-2-6-18-42)60-40-46(32-38-59(60)62)45-31-37-52-51-21-9-12-24-55(51)61(56(52)39-45)53-22-10-7-19-49(53)50-20-8-11-23-54(50)61/h1-40H. The van der Waals surface area contributed by atoms with Gasteiger partial charge >= 0.3 is 0 Å². The smallest absolute Gasteiger partial charge is 0.0725 e. The Morgan fingerprint density at radius 2 is 0.571 bits per heavy atom. The Balaban J connectivity index is 1.00. The second-order valence-electron chi connectivity index (χ2n) is 16.8. The summed E-state index contributed by atoms with van der Waals surface area (Å²) in [5.41, 5.74) is 24.2. The van der Waals surface area contributed by atoms with E-state index in [0.29, 0.717) is 0 Å². The van der Waals surface area contributed by atoms with Gasteiger partial charge in [-0.2, -0.15) is 0 Å². The molecule has 0 atom stereocenters. The van der Waals surface area contributed by atoms with Crippen LogP contribution in [0.25, 0.3) is 55.6 Å². The maximum atomic E-state index is 2.49. The number of benzene rings is 10. The molecule has 0 fully saturated rings. The molecule has 10 aromatic carbocycles. The van der Waals surface area contributed by atoms with Gasteiger partial charge in [-0.25, -0.2) is 0 Å². The van der Waals surface area contributed by atoms with E-state index < -0.39 is 5.41 Å². The van der Waals surface area contributed by atoms with Gasteiger partial charge in [-0.05, 0) is 132 Å². The highest BCUT2D eigenvalue weighted by atomic mass is 15.3. The largest absolute Gasteiger partial charge is 0.306 e. The van der Waals surface area contributed by atoms with Gasteiger partial charge in [0.05, 0.1) is 28.2 Å². The van der Waals surface area contributed by atoms with Crippen molar-refractivity contribution in [3.8, 4) is 55.6 Å². The van der Waals surface area contributed by atoms with Crippen molar-refractivity contribution >= 4 is 34.1 Å². The van der Waals surface area contributed by atoms with Crippen LogP contribution in [0.4, 0.5) is 34.1 Å². The second kappa shape index (κ2) is 13.9. The molecule has 0 bridgehead atoms. The summed E-state index contributed by atoms with van der Waals surface area (Å²) in [4.78, 5) is 4.88. The fourth-order valence-corrected chi connectivity index (χ4v) is 10.9. The minimum absolute atomic E-state index is 0.405. The molecule has 63 heavy (non-hydrogen) atoms. The lowest BCUT2D eigenvalue weighted by Gasteiger charge is -2.40. The number of anilines is 6. The van der Waals surface area contributed by atoms with Crippen LogP contribution in [-0.2, 0) is 5.41 Å². The number of hydrogen-bond acceptors (Lipinski definition) is 2. The fourth-order valence-electron chi connectivity index (χ4n) is 10.9. The third-order valence-corrected chi connectivity index (χ3v) is 13.6. The molecule has 1 aliphatic heterocycles. The molecule has 10 aromatic rings. The SMILES string of the molecule is c1ccc(-c2ccc(N3c4ccccc4N(c4ccc(-c5ccccc5)cc4)c4cc(-c5ccc6c(c5)C5(c7ccccc7-c7ccccc75)c5ccccc5-6)ccc43)cc2)cc1. The van der Waals surface area contributed by atoms with E-state index in [-0.39, 0.29) is 0 Å². The molecule has 1 spiro atoms. The monoisotopic (exact) mass is 800 g/mol. The predicted octanol–water partition coefficient (Wildman–Crippen LogP) is 16.3. The van der Waals surface area contributed by atoms with Crippen LogP contribution in [0.2, 0.25) is 0 Å². The molecule has 3 aliphatic rings. The summed E-state index contributed by atoms with van der Waals surface area (Å²) in [6.07, 6.45) is 0. The van der Waals surface area contributed by atoms with E-state index >= 15 is 0 Å². The summed E-state index contributed by atoms with van der Waals surface area (Å²) in [5, 5.41) is 0. The zero-order chi connectivity index (χ0) is 41.5. The molecule has 0 saturated carbocycles. The number of para-hydroxylation sites is 2. The van der Waals surface area contributed by atoms with Gasteiger partial charge in [0.2, 0.25) is 0 Å². The number of nitrogens with zero attached hydrogens (tertiary/aromatic N) is 2. The van der Waals surface area contributed by atoms with Gasteiger partial charge in [0.25, 0.3) is 0 Å². The first-order chi connectivity index (χ1) is 31.3. The molecule has 2 aliphatic carbocycles. The van der Waals surface area contributed by atoms with E-state index in [1.807, 2.05) is 0 Å². The normalized spacial score (nSPS) is 13.5. The van der Waals surface area contributed by atoms with Crippen LogP contribution in [0, 0.1) is 0 Å². The van der Waals surface area contributed by atoms with Gasteiger partial charge < -0.3 is 9.80 Å². The fraction of sp³-hybridized carbons (Fsp3) is 0.0164. The highest BCUT2D eigenvalue weighted by molar-refractivity contribution is 6.03. The number of rotatable bonds is 5. The van der Waals surface area contributed by atoms with Gasteiger partial charge in [0.1, 0.15) is 0 Å². The van der Waals surface area contributed by atoms with Gasteiger partial charge in [-0.15, -0.1) is 0 Å². The molecule has 2 heteroatoms. The van der Waals surface area contributed by atoms with Gasteiger partial charge in [-0.1, -0.05) is 188 Å². The Morgan fingerprint density at radius 1 is 0.222 bits per heavy atom. The molecule has 0 saturated heterocycles. The van der Waals surface area contributed by atoms with Crippen molar-refractivity contribution in [3.63, 3.8) is 0 Å². The van der Waals surface area contributed by atoms with Gasteiger partial charge in [0.15, 0.2) is 0 Å².